The Bertz CT molecular complexity index is 242. The lowest BCUT2D eigenvalue weighted by Gasteiger charge is -2.30. The van der Waals surface area contributed by atoms with Crippen LogP contribution < -0.4 is 4.90 Å². The van der Waals surface area contributed by atoms with Gasteiger partial charge in [0, 0.05) is 31.8 Å². The molecular weight excluding hydrogens is 184 g/mol. The highest BCUT2D eigenvalue weighted by Gasteiger charge is 2.19. The van der Waals surface area contributed by atoms with Crippen LogP contribution in [0.2, 0.25) is 0 Å². The number of rotatable bonds is 2. The molecule has 2 rings (SSSR count). The van der Waals surface area contributed by atoms with Crippen molar-refractivity contribution in [3.63, 3.8) is 0 Å². The van der Waals surface area contributed by atoms with E-state index in [1.165, 1.54) is 0 Å². The van der Waals surface area contributed by atoms with Crippen LogP contribution >= 0.6 is 11.3 Å². The van der Waals surface area contributed by atoms with Gasteiger partial charge in [0.05, 0.1) is 6.10 Å². The van der Waals surface area contributed by atoms with Gasteiger partial charge in [-0.2, -0.15) is 0 Å². The predicted octanol–water partition coefficient (Wildman–Crippen LogP) is 1.76. The topological polar surface area (TPSA) is 25.4 Å². The summed E-state index contributed by atoms with van der Waals surface area (Å²) in [5.41, 5.74) is 0. The Labute approximate surface area is 82.3 Å². The Morgan fingerprint density at radius 3 is 2.85 bits per heavy atom. The quantitative estimate of drug-likeness (QED) is 0.724. The number of thiazole rings is 1. The molecule has 1 aromatic rings. The molecule has 0 aliphatic carbocycles. The third-order valence-corrected chi connectivity index (χ3v) is 3.30. The smallest absolute Gasteiger partial charge is 0.185 e. The van der Waals surface area contributed by atoms with Crippen molar-refractivity contribution < 1.29 is 4.74 Å². The molecule has 0 atom stereocenters. The van der Waals surface area contributed by atoms with Crippen LogP contribution in [0.4, 0.5) is 5.13 Å². The zero-order valence-electron chi connectivity index (χ0n) is 7.77. The maximum absolute atomic E-state index is 5.31. The first kappa shape index (κ1) is 8.97. The van der Waals surface area contributed by atoms with Crippen LogP contribution in [-0.4, -0.2) is 31.3 Å². The number of aromatic nitrogens is 1. The fourth-order valence-electron chi connectivity index (χ4n) is 1.65. The number of nitrogens with zero attached hydrogens (tertiary/aromatic N) is 2. The van der Waals surface area contributed by atoms with Crippen molar-refractivity contribution in [1.29, 1.82) is 0 Å². The molecule has 1 aliphatic rings. The van der Waals surface area contributed by atoms with Crippen molar-refractivity contribution in [2.75, 3.05) is 25.1 Å². The summed E-state index contributed by atoms with van der Waals surface area (Å²) in [6.45, 7) is 2.15. The summed E-state index contributed by atoms with van der Waals surface area (Å²) in [4.78, 5) is 6.63. The van der Waals surface area contributed by atoms with Gasteiger partial charge in [0.1, 0.15) is 0 Å². The van der Waals surface area contributed by atoms with Gasteiger partial charge >= 0.3 is 0 Å². The van der Waals surface area contributed by atoms with Crippen LogP contribution in [0.1, 0.15) is 12.8 Å². The lowest BCUT2D eigenvalue weighted by Crippen LogP contribution is -2.36. The molecule has 2 heterocycles. The zero-order valence-corrected chi connectivity index (χ0v) is 8.59. The number of hydrogen-bond donors (Lipinski definition) is 0. The summed E-state index contributed by atoms with van der Waals surface area (Å²) in [6, 6.07) is 0. The standard InChI is InChI=1S/C9H14N2OS/c1-12-8-2-5-11(6-3-8)9-10-4-7-13-9/h4,7-8H,2-3,5-6H2,1H3. The minimum absolute atomic E-state index is 0.455. The van der Waals surface area contributed by atoms with E-state index in [0.717, 1.165) is 31.1 Å². The molecule has 0 N–H and O–H groups in total. The summed E-state index contributed by atoms with van der Waals surface area (Å²) >= 11 is 1.71. The van der Waals surface area contributed by atoms with Gasteiger partial charge in [-0.1, -0.05) is 0 Å². The van der Waals surface area contributed by atoms with Crippen LogP contribution in [-0.2, 0) is 4.74 Å². The van der Waals surface area contributed by atoms with Crippen LogP contribution in [0.3, 0.4) is 0 Å². The van der Waals surface area contributed by atoms with E-state index in [2.05, 4.69) is 9.88 Å². The molecule has 0 unspecified atom stereocenters. The monoisotopic (exact) mass is 198 g/mol. The maximum atomic E-state index is 5.31. The van der Waals surface area contributed by atoms with Gasteiger partial charge in [0.15, 0.2) is 5.13 Å². The first-order valence-electron chi connectivity index (χ1n) is 4.57. The Morgan fingerprint density at radius 1 is 1.54 bits per heavy atom. The molecule has 0 aromatic carbocycles. The fraction of sp³-hybridized carbons (Fsp3) is 0.667. The van der Waals surface area contributed by atoms with E-state index in [1.54, 1.807) is 18.4 Å². The summed E-state index contributed by atoms with van der Waals surface area (Å²) in [7, 11) is 1.80. The van der Waals surface area contributed by atoms with Crippen LogP contribution in [0.15, 0.2) is 11.6 Å². The Hall–Kier alpha value is -0.610. The Balaban J connectivity index is 1.92. The van der Waals surface area contributed by atoms with Crippen molar-refractivity contribution in [3.05, 3.63) is 11.6 Å². The first-order valence-corrected chi connectivity index (χ1v) is 5.45. The summed E-state index contributed by atoms with van der Waals surface area (Å²) in [5, 5.41) is 3.17. The third-order valence-electron chi connectivity index (χ3n) is 2.47. The lowest BCUT2D eigenvalue weighted by atomic mass is 10.1. The van der Waals surface area contributed by atoms with Gasteiger partial charge in [-0.3, -0.25) is 0 Å². The molecule has 1 saturated heterocycles. The number of ether oxygens (including phenoxy) is 1. The van der Waals surface area contributed by atoms with Crippen molar-refractivity contribution in [2.24, 2.45) is 0 Å². The SMILES string of the molecule is COC1CCN(c2nccs2)CC1. The van der Waals surface area contributed by atoms with Crippen molar-refractivity contribution in [1.82, 2.24) is 4.98 Å². The molecule has 3 nitrogen and oxygen atoms in total. The van der Waals surface area contributed by atoms with E-state index in [1.807, 2.05) is 11.6 Å². The molecule has 1 fully saturated rings. The van der Waals surface area contributed by atoms with Gasteiger partial charge in [-0.25, -0.2) is 4.98 Å². The molecule has 0 saturated carbocycles. The highest BCUT2D eigenvalue weighted by molar-refractivity contribution is 7.13. The normalized spacial score (nSPS) is 19.3. The molecule has 0 bridgehead atoms. The maximum Gasteiger partial charge on any atom is 0.185 e. The predicted molar refractivity (Wildman–Crippen MR) is 54.4 cm³/mol. The van der Waals surface area contributed by atoms with E-state index in [4.69, 9.17) is 4.74 Å². The van der Waals surface area contributed by atoms with Crippen molar-refractivity contribution in [2.45, 2.75) is 18.9 Å². The molecule has 1 aromatic heterocycles. The molecule has 0 radical (unpaired) electrons. The van der Waals surface area contributed by atoms with Crippen LogP contribution in [0.5, 0.6) is 0 Å². The molecule has 0 spiro atoms. The average Bonchev–Trinajstić information content (AvgIpc) is 2.71. The lowest BCUT2D eigenvalue weighted by molar-refractivity contribution is 0.0819. The van der Waals surface area contributed by atoms with E-state index < -0.39 is 0 Å². The van der Waals surface area contributed by atoms with Gasteiger partial charge in [0.25, 0.3) is 0 Å². The second-order valence-electron chi connectivity index (χ2n) is 3.24. The highest BCUT2D eigenvalue weighted by atomic mass is 32.1. The van der Waals surface area contributed by atoms with E-state index >= 15 is 0 Å². The van der Waals surface area contributed by atoms with Crippen LogP contribution in [0.25, 0.3) is 0 Å². The Kier molecular flexibility index (Phi) is 2.80. The number of methoxy groups -OCH3 is 1. The minimum Gasteiger partial charge on any atom is -0.381 e. The third kappa shape index (κ3) is 2.00. The minimum atomic E-state index is 0.455. The highest BCUT2D eigenvalue weighted by Crippen LogP contribution is 2.22. The summed E-state index contributed by atoms with van der Waals surface area (Å²) < 4.78 is 5.31. The number of piperidine rings is 1. The largest absolute Gasteiger partial charge is 0.381 e. The summed E-state index contributed by atoms with van der Waals surface area (Å²) in [6.07, 6.45) is 4.56. The fourth-order valence-corrected chi connectivity index (χ4v) is 2.35. The van der Waals surface area contributed by atoms with Crippen molar-refractivity contribution in [3.8, 4) is 0 Å². The molecule has 4 heteroatoms. The van der Waals surface area contributed by atoms with E-state index in [-0.39, 0.29) is 0 Å². The van der Waals surface area contributed by atoms with Crippen molar-refractivity contribution >= 4 is 16.5 Å². The molecule has 13 heavy (non-hydrogen) atoms. The zero-order chi connectivity index (χ0) is 9.10. The average molecular weight is 198 g/mol. The van der Waals surface area contributed by atoms with E-state index in [9.17, 15) is 0 Å². The second kappa shape index (κ2) is 4.07. The van der Waals surface area contributed by atoms with Crippen LogP contribution in [0, 0.1) is 0 Å². The molecular formula is C9H14N2OS. The van der Waals surface area contributed by atoms with E-state index in [0.29, 0.717) is 6.10 Å². The van der Waals surface area contributed by atoms with Gasteiger partial charge in [-0.15, -0.1) is 11.3 Å². The van der Waals surface area contributed by atoms with Gasteiger partial charge < -0.3 is 9.64 Å². The molecule has 72 valence electrons. The Morgan fingerprint density at radius 2 is 2.31 bits per heavy atom. The molecule has 1 aliphatic heterocycles. The second-order valence-corrected chi connectivity index (χ2v) is 4.11. The first-order chi connectivity index (χ1) is 6.40. The van der Waals surface area contributed by atoms with Gasteiger partial charge in [-0.05, 0) is 12.8 Å². The summed E-state index contributed by atoms with van der Waals surface area (Å²) in [5.74, 6) is 0. The molecule has 0 amide bonds. The number of anilines is 1. The number of hydrogen-bond acceptors (Lipinski definition) is 4. The van der Waals surface area contributed by atoms with Gasteiger partial charge in [0.2, 0.25) is 0 Å².